The van der Waals surface area contributed by atoms with Gasteiger partial charge in [-0.25, -0.2) is 4.79 Å². The molecule has 0 fully saturated rings. The largest absolute Gasteiger partial charge is 0.489 e. The molecule has 0 aliphatic heterocycles. The van der Waals surface area contributed by atoms with Gasteiger partial charge in [0.05, 0.1) is 5.02 Å². The normalized spacial score (nSPS) is 13.1. The molecule has 0 aliphatic carbocycles. The molecule has 2 unspecified atom stereocenters. The van der Waals surface area contributed by atoms with Crippen molar-refractivity contribution in [2.24, 2.45) is 5.73 Å². The van der Waals surface area contributed by atoms with Crippen LogP contribution in [0.3, 0.4) is 0 Å². The van der Waals surface area contributed by atoms with Crippen LogP contribution in [0.1, 0.15) is 24.0 Å². The van der Waals surface area contributed by atoms with Gasteiger partial charge in [0, 0.05) is 0 Å². The molecule has 26 heavy (non-hydrogen) atoms. The summed E-state index contributed by atoms with van der Waals surface area (Å²) in [6.07, 6.45) is -0.0394. The van der Waals surface area contributed by atoms with Gasteiger partial charge >= 0.3 is 5.97 Å². The molecule has 2 aromatic carbocycles. The van der Waals surface area contributed by atoms with Crippen LogP contribution in [-0.4, -0.2) is 30.0 Å². The fraction of sp³-hybridized carbons (Fsp3) is 0.350. The second kappa shape index (κ2) is 10.2. The second-order valence-corrected chi connectivity index (χ2v) is 6.52. The van der Waals surface area contributed by atoms with E-state index in [0.717, 1.165) is 18.4 Å². The number of ether oxygens (including phenoxy) is 2. The van der Waals surface area contributed by atoms with E-state index in [4.69, 9.17) is 26.8 Å². The third kappa shape index (κ3) is 6.67. The quantitative estimate of drug-likeness (QED) is 0.518. The SMILES string of the molecule is Cc1ccc(OCC(O)C(=O)OC(N)CCCc2ccccc2)c(Cl)c1. The summed E-state index contributed by atoms with van der Waals surface area (Å²) >= 11 is 6.04. The van der Waals surface area contributed by atoms with Gasteiger partial charge in [-0.05, 0) is 49.4 Å². The van der Waals surface area contributed by atoms with Crippen molar-refractivity contribution >= 4 is 17.6 Å². The fourth-order valence-corrected chi connectivity index (χ4v) is 2.69. The predicted octanol–water partition coefficient (Wildman–Crippen LogP) is 3.24. The van der Waals surface area contributed by atoms with E-state index < -0.39 is 18.3 Å². The molecule has 2 atom stereocenters. The number of esters is 1. The number of carbonyl (C=O) groups excluding carboxylic acids is 1. The molecule has 0 aromatic heterocycles. The maximum Gasteiger partial charge on any atom is 0.340 e. The number of aryl methyl sites for hydroxylation is 2. The molecule has 0 bridgehead atoms. The first kappa shape index (κ1) is 20.2. The lowest BCUT2D eigenvalue weighted by atomic mass is 10.1. The van der Waals surface area contributed by atoms with Crippen molar-refractivity contribution in [3.8, 4) is 5.75 Å². The Kier molecular flexibility index (Phi) is 7.91. The zero-order valence-electron chi connectivity index (χ0n) is 14.7. The molecular formula is C20H24ClNO4. The Morgan fingerprint density at radius 3 is 2.65 bits per heavy atom. The second-order valence-electron chi connectivity index (χ2n) is 6.11. The molecule has 2 rings (SSSR count). The van der Waals surface area contributed by atoms with Crippen molar-refractivity contribution in [1.29, 1.82) is 0 Å². The summed E-state index contributed by atoms with van der Waals surface area (Å²) in [7, 11) is 0. The van der Waals surface area contributed by atoms with Crippen molar-refractivity contribution < 1.29 is 19.4 Å². The summed E-state index contributed by atoms with van der Waals surface area (Å²) in [5.41, 5.74) is 8.00. The van der Waals surface area contributed by atoms with Gasteiger partial charge in [0.15, 0.2) is 12.3 Å². The summed E-state index contributed by atoms with van der Waals surface area (Å²) in [4.78, 5) is 11.9. The molecule has 5 nitrogen and oxygen atoms in total. The summed E-state index contributed by atoms with van der Waals surface area (Å²) in [5, 5.41) is 10.3. The van der Waals surface area contributed by atoms with Crippen LogP contribution in [0, 0.1) is 6.92 Å². The molecular weight excluding hydrogens is 354 g/mol. The molecule has 0 heterocycles. The highest BCUT2D eigenvalue weighted by molar-refractivity contribution is 6.32. The predicted molar refractivity (Wildman–Crippen MR) is 101 cm³/mol. The smallest absolute Gasteiger partial charge is 0.340 e. The van der Waals surface area contributed by atoms with Crippen molar-refractivity contribution in [3.63, 3.8) is 0 Å². The van der Waals surface area contributed by atoms with Gasteiger partial charge in [-0.2, -0.15) is 0 Å². The van der Waals surface area contributed by atoms with Gasteiger partial charge in [-0.1, -0.05) is 48.0 Å². The minimum absolute atomic E-state index is 0.252. The first-order chi connectivity index (χ1) is 12.5. The van der Waals surface area contributed by atoms with Gasteiger partial charge in [0.25, 0.3) is 0 Å². The average molecular weight is 378 g/mol. The van der Waals surface area contributed by atoms with Gasteiger partial charge < -0.3 is 14.6 Å². The molecule has 0 radical (unpaired) electrons. The highest BCUT2D eigenvalue weighted by atomic mass is 35.5. The summed E-state index contributed by atoms with van der Waals surface area (Å²) in [6.45, 7) is 1.65. The van der Waals surface area contributed by atoms with Crippen molar-refractivity contribution in [2.45, 2.75) is 38.5 Å². The molecule has 2 aromatic rings. The molecule has 0 spiro atoms. The minimum atomic E-state index is -1.42. The van der Waals surface area contributed by atoms with E-state index in [1.807, 2.05) is 43.3 Å². The van der Waals surface area contributed by atoms with Crippen LogP contribution in [0.2, 0.25) is 5.02 Å². The number of rotatable bonds is 9. The van der Waals surface area contributed by atoms with E-state index in [1.165, 1.54) is 5.56 Å². The van der Waals surface area contributed by atoms with E-state index in [1.54, 1.807) is 12.1 Å². The van der Waals surface area contributed by atoms with Crippen LogP contribution in [0.4, 0.5) is 0 Å². The highest BCUT2D eigenvalue weighted by Crippen LogP contribution is 2.25. The number of hydrogen-bond donors (Lipinski definition) is 2. The highest BCUT2D eigenvalue weighted by Gasteiger charge is 2.20. The van der Waals surface area contributed by atoms with E-state index in [-0.39, 0.29) is 6.61 Å². The van der Waals surface area contributed by atoms with Gasteiger partial charge in [-0.3, -0.25) is 5.73 Å². The van der Waals surface area contributed by atoms with E-state index >= 15 is 0 Å². The Balaban J connectivity index is 1.70. The number of aliphatic hydroxyl groups is 1. The zero-order valence-corrected chi connectivity index (χ0v) is 15.5. The monoisotopic (exact) mass is 377 g/mol. The zero-order chi connectivity index (χ0) is 18.9. The van der Waals surface area contributed by atoms with Crippen LogP contribution in [0.15, 0.2) is 48.5 Å². The molecule has 0 aliphatic rings. The summed E-state index contributed by atoms with van der Waals surface area (Å²) in [6, 6.07) is 15.2. The molecule has 0 saturated heterocycles. The van der Waals surface area contributed by atoms with Crippen LogP contribution < -0.4 is 10.5 Å². The van der Waals surface area contributed by atoms with Gasteiger partial charge in [0.2, 0.25) is 0 Å². The molecule has 0 saturated carbocycles. The van der Waals surface area contributed by atoms with Gasteiger partial charge in [-0.15, -0.1) is 0 Å². The average Bonchev–Trinajstić information content (AvgIpc) is 2.61. The number of hydrogen-bond acceptors (Lipinski definition) is 5. The molecule has 140 valence electrons. The van der Waals surface area contributed by atoms with Crippen LogP contribution in [0.5, 0.6) is 5.75 Å². The molecule has 0 amide bonds. The lowest BCUT2D eigenvalue weighted by molar-refractivity contribution is -0.160. The maximum atomic E-state index is 11.9. The minimum Gasteiger partial charge on any atom is -0.489 e. The third-order valence-corrected chi connectivity index (χ3v) is 4.12. The summed E-state index contributed by atoms with van der Waals surface area (Å²) in [5.74, 6) is -0.406. The van der Waals surface area contributed by atoms with Crippen molar-refractivity contribution in [2.75, 3.05) is 6.61 Å². The Hall–Kier alpha value is -2.08. The summed E-state index contributed by atoms with van der Waals surface area (Å²) < 4.78 is 10.4. The van der Waals surface area contributed by atoms with E-state index in [2.05, 4.69) is 0 Å². The Bertz CT molecular complexity index is 708. The number of carbonyl (C=O) groups is 1. The lowest BCUT2D eigenvalue weighted by Gasteiger charge is -2.17. The Morgan fingerprint density at radius 1 is 1.23 bits per heavy atom. The first-order valence-electron chi connectivity index (χ1n) is 8.52. The molecule has 6 heteroatoms. The first-order valence-corrected chi connectivity index (χ1v) is 8.90. The van der Waals surface area contributed by atoms with E-state index in [0.29, 0.717) is 17.2 Å². The third-order valence-electron chi connectivity index (χ3n) is 3.82. The van der Waals surface area contributed by atoms with Crippen molar-refractivity contribution in [1.82, 2.24) is 0 Å². The van der Waals surface area contributed by atoms with E-state index in [9.17, 15) is 9.90 Å². The van der Waals surface area contributed by atoms with Crippen LogP contribution in [-0.2, 0) is 16.0 Å². The lowest BCUT2D eigenvalue weighted by Crippen LogP contribution is -2.36. The van der Waals surface area contributed by atoms with Crippen LogP contribution in [0.25, 0.3) is 0 Å². The standard InChI is InChI=1S/C20H24ClNO4/c1-14-10-11-18(16(21)12-14)25-13-17(23)20(24)26-19(22)9-5-8-15-6-3-2-4-7-15/h2-4,6-7,10-12,17,19,23H,5,8-9,13,22H2,1H3. The number of aliphatic hydroxyl groups excluding tert-OH is 1. The van der Waals surface area contributed by atoms with Crippen LogP contribution >= 0.6 is 11.6 Å². The number of benzene rings is 2. The number of nitrogens with two attached hydrogens (primary N) is 1. The topological polar surface area (TPSA) is 81.8 Å². The number of halogens is 1. The maximum absolute atomic E-state index is 11.9. The van der Waals surface area contributed by atoms with Crippen molar-refractivity contribution in [3.05, 3.63) is 64.7 Å². The van der Waals surface area contributed by atoms with Gasteiger partial charge in [0.1, 0.15) is 12.4 Å². The Labute approximate surface area is 158 Å². The molecule has 3 N–H and O–H groups in total. The Morgan fingerprint density at radius 2 is 1.96 bits per heavy atom. The fourth-order valence-electron chi connectivity index (χ4n) is 2.40.